The maximum absolute atomic E-state index is 5.26. The normalized spacial score (nSPS) is 11.7. The Morgan fingerprint density at radius 3 is 1.45 bits per heavy atom. The Bertz CT molecular complexity index is 2820. The molecule has 0 fully saturated rings. The highest BCUT2D eigenvalue weighted by molar-refractivity contribution is 7.26. The third-order valence-electron chi connectivity index (χ3n) is 9.69. The van der Waals surface area contributed by atoms with Crippen LogP contribution >= 0.6 is 11.3 Å². The van der Waals surface area contributed by atoms with E-state index in [0.29, 0.717) is 0 Å². The summed E-state index contributed by atoms with van der Waals surface area (Å²) in [6.45, 7) is 0. The number of nitrogens with zero attached hydrogens (tertiary/aromatic N) is 2. The molecule has 0 bridgehead atoms. The quantitative estimate of drug-likeness (QED) is 0.179. The van der Waals surface area contributed by atoms with E-state index in [1.807, 2.05) is 0 Å². The van der Waals surface area contributed by atoms with E-state index < -0.39 is 0 Å². The SMILES string of the molecule is c1ccc(-c2ccc3sc4c(-c5ccccc5)nc(-c5ccc(-c6ccc7c8ccccc8c8ccccc8c7c6)cc5)nc4c3c2)cc1. The smallest absolute Gasteiger partial charge is 0.160 e. The molecule has 0 saturated carbocycles. The van der Waals surface area contributed by atoms with Crippen LogP contribution in [0.25, 0.3) is 97.5 Å². The van der Waals surface area contributed by atoms with Crippen molar-refractivity contribution in [2.24, 2.45) is 0 Å². The van der Waals surface area contributed by atoms with E-state index in [1.54, 1.807) is 11.3 Å². The van der Waals surface area contributed by atoms with Crippen molar-refractivity contribution in [2.75, 3.05) is 0 Å². The first-order valence-electron chi connectivity index (χ1n) is 16.6. The molecule has 3 heteroatoms. The van der Waals surface area contributed by atoms with Gasteiger partial charge < -0.3 is 0 Å². The summed E-state index contributed by atoms with van der Waals surface area (Å²) in [5.74, 6) is 0.735. The predicted molar refractivity (Wildman–Crippen MR) is 209 cm³/mol. The fourth-order valence-corrected chi connectivity index (χ4v) is 8.41. The third kappa shape index (κ3) is 4.62. The second-order valence-electron chi connectivity index (χ2n) is 12.5. The molecule has 0 aliphatic rings. The Morgan fingerprint density at radius 1 is 0.327 bits per heavy atom. The van der Waals surface area contributed by atoms with Gasteiger partial charge in [0.05, 0.1) is 15.9 Å². The van der Waals surface area contributed by atoms with Gasteiger partial charge in [0.25, 0.3) is 0 Å². The molecule has 0 N–H and O–H groups in total. The average Bonchev–Trinajstić information content (AvgIpc) is 3.56. The molecule has 0 spiro atoms. The molecule has 228 valence electrons. The Balaban J connectivity index is 1.11. The van der Waals surface area contributed by atoms with Crippen molar-refractivity contribution < 1.29 is 0 Å². The molecule has 0 amide bonds. The van der Waals surface area contributed by atoms with Crippen molar-refractivity contribution in [2.45, 2.75) is 0 Å². The highest BCUT2D eigenvalue weighted by atomic mass is 32.1. The zero-order valence-corrected chi connectivity index (χ0v) is 27.3. The number of aromatic nitrogens is 2. The number of hydrogen-bond donors (Lipinski definition) is 0. The van der Waals surface area contributed by atoms with Gasteiger partial charge in [-0.3, -0.25) is 0 Å². The van der Waals surface area contributed by atoms with Gasteiger partial charge in [0.1, 0.15) is 0 Å². The maximum atomic E-state index is 5.26. The number of thiophene rings is 1. The molecule has 0 aliphatic heterocycles. The van der Waals surface area contributed by atoms with Crippen LogP contribution in [0.15, 0.2) is 170 Å². The van der Waals surface area contributed by atoms with Crippen LogP contribution in [-0.2, 0) is 0 Å². The Morgan fingerprint density at radius 2 is 0.796 bits per heavy atom. The minimum atomic E-state index is 0.735. The minimum absolute atomic E-state index is 0.735. The Kier molecular flexibility index (Phi) is 6.39. The third-order valence-corrected chi connectivity index (χ3v) is 10.9. The lowest BCUT2D eigenvalue weighted by Crippen LogP contribution is -1.93. The molecule has 2 nitrogen and oxygen atoms in total. The summed E-state index contributed by atoms with van der Waals surface area (Å²) in [6, 6.07) is 60.8. The van der Waals surface area contributed by atoms with Crippen molar-refractivity contribution in [3.8, 4) is 44.9 Å². The van der Waals surface area contributed by atoms with Gasteiger partial charge in [0.15, 0.2) is 5.82 Å². The fourth-order valence-electron chi connectivity index (χ4n) is 7.27. The van der Waals surface area contributed by atoms with Crippen LogP contribution in [0, 0.1) is 0 Å². The molecule has 0 atom stereocenters. The molecule has 0 saturated heterocycles. The molecule has 0 radical (unpaired) electrons. The first-order chi connectivity index (χ1) is 24.3. The summed E-state index contributed by atoms with van der Waals surface area (Å²) < 4.78 is 2.33. The van der Waals surface area contributed by atoms with E-state index >= 15 is 0 Å². The molecule has 10 aromatic rings. The van der Waals surface area contributed by atoms with Gasteiger partial charge in [-0.1, -0.05) is 152 Å². The summed E-state index contributed by atoms with van der Waals surface area (Å²) in [5.41, 5.74) is 8.82. The van der Waals surface area contributed by atoms with Gasteiger partial charge in [-0.15, -0.1) is 11.3 Å². The summed E-state index contributed by atoms with van der Waals surface area (Å²) in [6.07, 6.45) is 0. The van der Waals surface area contributed by atoms with Crippen molar-refractivity contribution in [3.05, 3.63) is 170 Å². The monoisotopic (exact) mass is 640 g/mol. The van der Waals surface area contributed by atoms with E-state index in [-0.39, 0.29) is 0 Å². The molecule has 2 aromatic heterocycles. The van der Waals surface area contributed by atoms with Crippen LogP contribution in [0.1, 0.15) is 0 Å². The lowest BCUT2D eigenvalue weighted by molar-refractivity contribution is 1.24. The largest absolute Gasteiger partial charge is 0.226 e. The molecule has 8 aromatic carbocycles. The van der Waals surface area contributed by atoms with Crippen LogP contribution < -0.4 is 0 Å². The van der Waals surface area contributed by atoms with Gasteiger partial charge >= 0.3 is 0 Å². The number of benzene rings is 8. The first kappa shape index (κ1) is 27.9. The van der Waals surface area contributed by atoms with E-state index in [9.17, 15) is 0 Å². The molecule has 0 aliphatic carbocycles. The lowest BCUT2D eigenvalue weighted by atomic mass is 9.92. The van der Waals surface area contributed by atoms with E-state index in [0.717, 1.165) is 38.2 Å². The summed E-state index contributed by atoms with van der Waals surface area (Å²) in [7, 11) is 0. The summed E-state index contributed by atoms with van der Waals surface area (Å²) in [4.78, 5) is 10.5. The van der Waals surface area contributed by atoms with E-state index in [1.165, 1.54) is 59.3 Å². The van der Waals surface area contributed by atoms with Gasteiger partial charge in [-0.25, -0.2) is 9.97 Å². The van der Waals surface area contributed by atoms with Crippen LogP contribution in [0.2, 0.25) is 0 Å². The second-order valence-corrected chi connectivity index (χ2v) is 13.6. The van der Waals surface area contributed by atoms with Crippen molar-refractivity contribution >= 4 is 64.0 Å². The van der Waals surface area contributed by atoms with Crippen LogP contribution in [0.3, 0.4) is 0 Å². The topological polar surface area (TPSA) is 25.8 Å². The average molecular weight is 641 g/mol. The van der Waals surface area contributed by atoms with Crippen LogP contribution in [-0.4, -0.2) is 9.97 Å². The number of fused-ring (bicyclic) bond motifs is 9. The van der Waals surface area contributed by atoms with E-state index in [2.05, 4.69) is 170 Å². The highest BCUT2D eigenvalue weighted by Gasteiger charge is 2.17. The highest BCUT2D eigenvalue weighted by Crippen LogP contribution is 2.41. The second kappa shape index (κ2) is 11.2. The molecule has 10 rings (SSSR count). The fraction of sp³-hybridized carbons (Fsp3) is 0. The number of hydrogen-bond acceptors (Lipinski definition) is 3. The minimum Gasteiger partial charge on any atom is -0.226 e. The van der Waals surface area contributed by atoms with Crippen molar-refractivity contribution in [3.63, 3.8) is 0 Å². The molecular weight excluding hydrogens is 613 g/mol. The predicted octanol–water partition coefficient (Wildman–Crippen LogP) is 13.0. The zero-order valence-electron chi connectivity index (χ0n) is 26.5. The molecule has 2 heterocycles. The van der Waals surface area contributed by atoms with Gasteiger partial charge in [0.2, 0.25) is 0 Å². The summed E-state index contributed by atoms with van der Waals surface area (Å²) in [5, 5.41) is 8.87. The standard InChI is InChI=1S/C46H28N2S/c1-3-11-29(12-4-1)34-24-26-42-41(28-34)44-45(49-42)43(31-13-5-2-6-14-31)47-46(48-44)32-21-19-30(20-22-32)33-23-25-39-37-17-8-7-15-35(37)36-16-9-10-18-38(36)40(39)27-33/h1-28H. The van der Waals surface area contributed by atoms with Gasteiger partial charge in [0, 0.05) is 21.2 Å². The van der Waals surface area contributed by atoms with Crippen molar-refractivity contribution in [1.82, 2.24) is 9.97 Å². The number of rotatable bonds is 4. The Hall–Kier alpha value is -6.16. The lowest BCUT2D eigenvalue weighted by Gasteiger charge is -2.12. The summed E-state index contributed by atoms with van der Waals surface area (Å²) >= 11 is 1.77. The molecule has 49 heavy (non-hydrogen) atoms. The first-order valence-corrected chi connectivity index (χ1v) is 17.4. The van der Waals surface area contributed by atoms with E-state index in [4.69, 9.17) is 9.97 Å². The van der Waals surface area contributed by atoms with Crippen molar-refractivity contribution in [1.29, 1.82) is 0 Å². The zero-order chi connectivity index (χ0) is 32.3. The van der Waals surface area contributed by atoms with Crippen LogP contribution in [0.4, 0.5) is 0 Å². The molecular formula is C46H28N2S. The van der Waals surface area contributed by atoms with Gasteiger partial charge in [-0.2, -0.15) is 0 Å². The van der Waals surface area contributed by atoms with Crippen LogP contribution in [0.5, 0.6) is 0 Å². The molecule has 0 unspecified atom stereocenters. The maximum Gasteiger partial charge on any atom is 0.160 e. The Labute approximate surface area is 287 Å². The van der Waals surface area contributed by atoms with Gasteiger partial charge in [-0.05, 0) is 72.8 Å².